The highest BCUT2D eigenvalue weighted by Crippen LogP contribution is 2.27. The third kappa shape index (κ3) is 5.46. The number of amides is 1. The van der Waals surface area contributed by atoms with Gasteiger partial charge in [-0.3, -0.25) is 4.79 Å². The van der Waals surface area contributed by atoms with E-state index in [0.717, 1.165) is 11.1 Å². The lowest BCUT2D eigenvalue weighted by molar-refractivity contribution is -0.150. The molecule has 0 radical (unpaired) electrons. The van der Waals surface area contributed by atoms with E-state index in [-0.39, 0.29) is 13.0 Å². The molecule has 0 aliphatic rings. The van der Waals surface area contributed by atoms with Gasteiger partial charge in [-0.25, -0.2) is 4.79 Å². The highest BCUT2D eigenvalue weighted by molar-refractivity contribution is 5.87. The number of carbonyl (C=O) groups excluding carboxylic acids is 2. The summed E-state index contributed by atoms with van der Waals surface area (Å²) in [7, 11) is 0. The molecule has 0 spiro atoms. The van der Waals surface area contributed by atoms with Gasteiger partial charge in [0.15, 0.2) is 5.54 Å². The number of nitrogens with one attached hydrogen (secondary N) is 1. The van der Waals surface area contributed by atoms with Crippen LogP contribution in [-0.2, 0) is 32.1 Å². The van der Waals surface area contributed by atoms with Crippen molar-refractivity contribution in [3.05, 3.63) is 83.6 Å². The van der Waals surface area contributed by atoms with Gasteiger partial charge in [0.2, 0.25) is 6.41 Å². The smallest absolute Gasteiger partial charge is 0.336 e. The molecule has 148 valence electrons. The molecule has 2 aromatic carbocycles. The van der Waals surface area contributed by atoms with Crippen LogP contribution in [0.5, 0.6) is 0 Å². The van der Waals surface area contributed by atoms with Gasteiger partial charge in [0.25, 0.3) is 0 Å². The molecule has 5 heteroatoms. The maximum Gasteiger partial charge on any atom is 0.336 e. The summed E-state index contributed by atoms with van der Waals surface area (Å²) in [4.78, 5) is 24.4. The van der Waals surface area contributed by atoms with E-state index in [9.17, 15) is 9.59 Å². The van der Waals surface area contributed by atoms with Crippen molar-refractivity contribution in [2.45, 2.75) is 38.8 Å². The number of benzene rings is 2. The first-order valence-corrected chi connectivity index (χ1v) is 9.43. The highest BCUT2D eigenvalue weighted by Gasteiger charge is 2.43. The van der Waals surface area contributed by atoms with Crippen molar-refractivity contribution in [1.82, 2.24) is 5.32 Å². The van der Waals surface area contributed by atoms with Crippen LogP contribution in [0, 0.1) is 0 Å². The fraction of sp³-hybridized carbons (Fsp3) is 0.304. The summed E-state index contributed by atoms with van der Waals surface area (Å²) in [5, 5.41) is 2.73. The molecule has 2 rings (SSSR count). The van der Waals surface area contributed by atoms with E-state index in [1.54, 1.807) is 13.2 Å². The van der Waals surface area contributed by atoms with Crippen LogP contribution in [0.15, 0.2) is 72.5 Å². The predicted octanol–water partition coefficient (Wildman–Crippen LogP) is 3.79. The molecule has 0 bridgehead atoms. The summed E-state index contributed by atoms with van der Waals surface area (Å²) in [5.74, 6) is -0.498. The molecule has 0 aliphatic heterocycles. The summed E-state index contributed by atoms with van der Waals surface area (Å²) in [5.41, 5.74) is 1.26. The second-order valence-electron chi connectivity index (χ2n) is 6.34. The maximum absolute atomic E-state index is 13.0. The average Bonchev–Trinajstić information content (AvgIpc) is 2.72. The average molecular weight is 381 g/mol. The van der Waals surface area contributed by atoms with Crippen LogP contribution in [0.2, 0.25) is 0 Å². The molecular weight excluding hydrogens is 354 g/mol. The van der Waals surface area contributed by atoms with Crippen LogP contribution in [0.3, 0.4) is 0 Å². The Bertz CT molecular complexity index is 774. The normalized spacial score (nSPS) is 13.3. The molecule has 28 heavy (non-hydrogen) atoms. The van der Waals surface area contributed by atoms with E-state index < -0.39 is 11.5 Å². The SMILES string of the molecule is CCOC(=O)C(Cc1ccccc1)(NC=O)/C(=C/OCc1ccccc1)CC. The Morgan fingerprint density at radius 2 is 1.61 bits per heavy atom. The van der Waals surface area contributed by atoms with Crippen molar-refractivity contribution in [2.24, 2.45) is 0 Å². The van der Waals surface area contributed by atoms with Crippen molar-refractivity contribution < 1.29 is 19.1 Å². The largest absolute Gasteiger partial charge is 0.496 e. The third-order valence-electron chi connectivity index (χ3n) is 4.49. The van der Waals surface area contributed by atoms with Gasteiger partial charge in [-0.15, -0.1) is 0 Å². The summed E-state index contributed by atoms with van der Waals surface area (Å²) in [6, 6.07) is 19.3. The first-order valence-electron chi connectivity index (χ1n) is 9.43. The second kappa shape index (κ2) is 10.9. The standard InChI is InChI=1S/C23H27NO4/c1-3-21(17-27-16-20-13-9-6-10-14-20)23(24-18-25,22(26)28-4-2)15-19-11-7-5-8-12-19/h5-14,17-18H,3-4,15-16H2,1-2H3,(H,24,25)/b21-17+. The Hall–Kier alpha value is -3.08. The molecule has 0 aromatic heterocycles. The fourth-order valence-electron chi connectivity index (χ4n) is 3.07. The Kier molecular flexibility index (Phi) is 8.28. The fourth-order valence-corrected chi connectivity index (χ4v) is 3.07. The van der Waals surface area contributed by atoms with E-state index >= 15 is 0 Å². The van der Waals surface area contributed by atoms with E-state index in [0.29, 0.717) is 25.0 Å². The first kappa shape index (κ1) is 21.2. The van der Waals surface area contributed by atoms with Crippen molar-refractivity contribution in [3.8, 4) is 0 Å². The number of carbonyl (C=O) groups is 2. The van der Waals surface area contributed by atoms with E-state index in [4.69, 9.17) is 9.47 Å². The number of hydrogen-bond acceptors (Lipinski definition) is 4. The molecule has 0 fully saturated rings. The Morgan fingerprint density at radius 3 is 2.14 bits per heavy atom. The molecule has 1 atom stereocenters. The minimum absolute atomic E-state index is 0.220. The van der Waals surface area contributed by atoms with Gasteiger partial charge in [-0.2, -0.15) is 0 Å². The van der Waals surface area contributed by atoms with Gasteiger partial charge in [-0.1, -0.05) is 67.6 Å². The van der Waals surface area contributed by atoms with Gasteiger partial charge in [-0.05, 0) is 24.5 Å². The highest BCUT2D eigenvalue weighted by atomic mass is 16.5. The number of esters is 1. The topological polar surface area (TPSA) is 64.6 Å². The summed E-state index contributed by atoms with van der Waals surface area (Å²) in [6.45, 7) is 4.25. The predicted molar refractivity (Wildman–Crippen MR) is 108 cm³/mol. The zero-order valence-electron chi connectivity index (χ0n) is 16.4. The minimum atomic E-state index is -1.31. The molecule has 1 N–H and O–H groups in total. The monoisotopic (exact) mass is 381 g/mol. The summed E-state index contributed by atoms with van der Waals surface area (Å²) < 4.78 is 11.1. The van der Waals surface area contributed by atoms with Crippen LogP contribution in [0.25, 0.3) is 0 Å². The summed E-state index contributed by atoms with van der Waals surface area (Å²) in [6.07, 6.45) is 2.91. The maximum atomic E-state index is 13.0. The quantitative estimate of drug-likeness (QED) is 0.365. The Labute approximate surface area is 166 Å². The van der Waals surface area contributed by atoms with Crippen molar-refractivity contribution in [3.63, 3.8) is 0 Å². The van der Waals surface area contributed by atoms with Crippen molar-refractivity contribution in [2.75, 3.05) is 6.61 Å². The van der Waals surface area contributed by atoms with Crippen molar-refractivity contribution in [1.29, 1.82) is 0 Å². The summed E-state index contributed by atoms with van der Waals surface area (Å²) >= 11 is 0. The minimum Gasteiger partial charge on any atom is -0.496 e. The van der Waals surface area contributed by atoms with Gasteiger partial charge in [0.05, 0.1) is 12.9 Å². The zero-order chi connectivity index (χ0) is 20.2. The lowest BCUT2D eigenvalue weighted by Crippen LogP contribution is -2.55. The number of rotatable bonds is 11. The van der Waals surface area contributed by atoms with Crippen LogP contribution in [0.1, 0.15) is 31.4 Å². The van der Waals surface area contributed by atoms with Gasteiger partial charge >= 0.3 is 5.97 Å². The second-order valence-corrected chi connectivity index (χ2v) is 6.34. The van der Waals surface area contributed by atoms with Crippen molar-refractivity contribution >= 4 is 12.4 Å². The molecule has 1 unspecified atom stereocenters. The molecule has 5 nitrogen and oxygen atoms in total. The molecular formula is C23H27NO4. The molecule has 0 saturated heterocycles. The molecule has 0 heterocycles. The van der Waals surface area contributed by atoms with Crippen LogP contribution >= 0.6 is 0 Å². The Balaban J connectivity index is 2.35. The number of ether oxygens (including phenoxy) is 2. The molecule has 1 amide bonds. The van der Waals surface area contributed by atoms with Gasteiger partial charge < -0.3 is 14.8 Å². The van der Waals surface area contributed by atoms with Crippen LogP contribution in [0.4, 0.5) is 0 Å². The van der Waals surface area contributed by atoms with Gasteiger partial charge in [0.1, 0.15) is 6.61 Å². The molecule has 0 aliphatic carbocycles. The van der Waals surface area contributed by atoms with Crippen LogP contribution < -0.4 is 5.32 Å². The zero-order valence-corrected chi connectivity index (χ0v) is 16.4. The lowest BCUT2D eigenvalue weighted by Gasteiger charge is -2.33. The number of hydrogen-bond donors (Lipinski definition) is 1. The first-order chi connectivity index (χ1) is 13.7. The van der Waals surface area contributed by atoms with Crippen LogP contribution in [-0.4, -0.2) is 24.5 Å². The lowest BCUT2D eigenvalue weighted by atomic mass is 9.82. The molecule has 2 aromatic rings. The van der Waals surface area contributed by atoms with E-state index in [1.807, 2.05) is 67.6 Å². The van der Waals surface area contributed by atoms with E-state index in [2.05, 4.69) is 5.32 Å². The Morgan fingerprint density at radius 1 is 1.00 bits per heavy atom. The van der Waals surface area contributed by atoms with E-state index in [1.165, 1.54) is 0 Å². The third-order valence-corrected chi connectivity index (χ3v) is 4.49. The molecule has 0 saturated carbocycles. The van der Waals surface area contributed by atoms with Gasteiger partial charge in [0, 0.05) is 12.0 Å².